The van der Waals surface area contributed by atoms with Crippen LogP contribution in [0.3, 0.4) is 0 Å². The van der Waals surface area contributed by atoms with Crippen molar-refractivity contribution in [2.24, 2.45) is 0 Å². The molecule has 2 nitrogen and oxygen atoms in total. The summed E-state index contributed by atoms with van der Waals surface area (Å²) in [7, 11) is 0. The van der Waals surface area contributed by atoms with E-state index in [9.17, 15) is 8.78 Å². The maximum Gasteiger partial charge on any atom is 0.280 e. The van der Waals surface area contributed by atoms with Crippen LogP contribution < -0.4 is 5.73 Å². The van der Waals surface area contributed by atoms with E-state index in [1.54, 1.807) is 6.92 Å². The molecule has 0 spiro atoms. The summed E-state index contributed by atoms with van der Waals surface area (Å²) in [4.78, 5) is 3.50. The number of rotatable bonds is 1. The molecular formula is C7H8F2N2. The quantitative estimate of drug-likeness (QED) is 0.678. The van der Waals surface area contributed by atoms with E-state index in [0.717, 1.165) is 0 Å². The molecule has 0 bridgehead atoms. The van der Waals surface area contributed by atoms with Crippen molar-refractivity contribution in [1.29, 1.82) is 0 Å². The molecule has 0 aliphatic carbocycles. The van der Waals surface area contributed by atoms with Crippen molar-refractivity contribution in [1.82, 2.24) is 4.98 Å². The number of nitrogen functional groups attached to an aromatic ring is 1. The first kappa shape index (κ1) is 7.91. The van der Waals surface area contributed by atoms with Gasteiger partial charge in [0.2, 0.25) is 0 Å². The summed E-state index contributed by atoms with van der Waals surface area (Å²) in [6.45, 7) is 1.58. The lowest BCUT2D eigenvalue weighted by molar-refractivity contribution is 0.145. The third-order valence-electron chi connectivity index (χ3n) is 1.36. The van der Waals surface area contributed by atoms with Crippen LogP contribution in [0.2, 0.25) is 0 Å². The number of hydrogen-bond acceptors (Lipinski definition) is 2. The second-order valence-electron chi connectivity index (χ2n) is 2.24. The third-order valence-corrected chi connectivity index (χ3v) is 1.36. The van der Waals surface area contributed by atoms with Gasteiger partial charge >= 0.3 is 0 Å². The standard InChI is InChI=1S/C7H8F2N2/c1-4-2-3-5(10)11-6(4)7(8)9/h2-3,7H,1H3,(H2,10,11). The predicted molar refractivity (Wildman–Crippen MR) is 38.3 cm³/mol. The monoisotopic (exact) mass is 158 g/mol. The summed E-state index contributed by atoms with van der Waals surface area (Å²) in [6, 6.07) is 3.03. The van der Waals surface area contributed by atoms with Crippen molar-refractivity contribution in [2.75, 3.05) is 5.73 Å². The van der Waals surface area contributed by atoms with Gasteiger partial charge in [0.1, 0.15) is 11.5 Å². The maximum atomic E-state index is 12.1. The Hall–Kier alpha value is -1.19. The molecule has 60 valence electrons. The highest BCUT2D eigenvalue weighted by Gasteiger charge is 2.11. The molecule has 0 saturated heterocycles. The lowest BCUT2D eigenvalue weighted by atomic mass is 10.2. The van der Waals surface area contributed by atoms with Gasteiger partial charge in [-0.05, 0) is 18.6 Å². The van der Waals surface area contributed by atoms with E-state index in [1.807, 2.05) is 0 Å². The molecular weight excluding hydrogens is 150 g/mol. The minimum Gasteiger partial charge on any atom is -0.384 e. The molecule has 4 heteroatoms. The van der Waals surface area contributed by atoms with Gasteiger partial charge in [-0.1, -0.05) is 6.07 Å². The third kappa shape index (κ3) is 1.63. The lowest BCUT2D eigenvalue weighted by Gasteiger charge is -2.02. The van der Waals surface area contributed by atoms with Crippen molar-refractivity contribution in [3.05, 3.63) is 23.4 Å². The van der Waals surface area contributed by atoms with Gasteiger partial charge in [-0.2, -0.15) is 0 Å². The largest absolute Gasteiger partial charge is 0.384 e. The van der Waals surface area contributed by atoms with Gasteiger partial charge in [-0.15, -0.1) is 0 Å². The van der Waals surface area contributed by atoms with E-state index >= 15 is 0 Å². The molecule has 0 unspecified atom stereocenters. The zero-order valence-corrected chi connectivity index (χ0v) is 6.01. The van der Waals surface area contributed by atoms with Crippen molar-refractivity contribution in [3.63, 3.8) is 0 Å². The summed E-state index contributed by atoms with van der Waals surface area (Å²) in [6.07, 6.45) is -2.54. The van der Waals surface area contributed by atoms with Gasteiger partial charge in [0.15, 0.2) is 0 Å². The first-order valence-corrected chi connectivity index (χ1v) is 3.12. The number of aryl methyl sites for hydroxylation is 1. The summed E-state index contributed by atoms with van der Waals surface area (Å²) in [5.41, 5.74) is 5.46. The number of alkyl halides is 2. The molecule has 0 amide bonds. The summed E-state index contributed by atoms with van der Waals surface area (Å²) in [5.74, 6) is 0.130. The van der Waals surface area contributed by atoms with E-state index in [4.69, 9.17) is 5.73 Å². The average molecular weight is 158 g/mol. The highest BCUT2D eigenvalue weighted by atomic mass is 19.3. The Morgan fingerprint density at radius 1 is 1.45 bits per heavy atom. The lowest BCUT2D eigenvalue weighted by Crippen LogP contribution is -1.98. The van der Waals surface area contributed by atoms with Gasteiger partial charge in [0.25, 0.3) is 6.43 Å². The second kappa shape index (κ2) is 2.82. The van der Waals surface area contributed by atoms with Crippen LogP contribution in [0.1, 0.15) is 17.7 Å². The molecule has 1 heterocycles. The summed E-state index contributed by atoms with van der Waals surface area (Å²) < 4.78 is 24.2. The average Bonchev–Trinajstić information content (AvgIpc) is 1.94. The molecule has 1 rings (SSSR count). The summed E-state index contributed by atoms with van der Waals surface area (Å²) >= 11 is 0. The van der Waals surface area contributed by atoms with Gasteiger partial charge in [0.05, 0.1) is 0 Å². The smallest absolute Gasteiger partial charge is 0.280 e. The van der Waals surface area contributed by atoms with Gasteiger partial charge in [-0.25, -0.2) is 13.8 Å². The SMILES string of the molecule is Cc1ccc(N)nc1C(F)F. The fourth-order valence-electron chi connectivity index (χ4n) is 0.781. The highest BCUT2D eigenvalue weighted by Crippen LogP contribution is 2.20. The molecule has 2 N–H and O–H groups in total. The number of hydrogen-bond donors (Lipinski definition) is 1. The number of pyridine rings is 1. The van der Waals surface area contributed by atoms with Crippen molar-refractivity contribution in [3.8, 4) is 0 Å². The topological polar surface area (TPSA) is 38.9 Å². The predicted octanol–water partition coefficient (Wildman–Crippen LogP) is 1.91. The molecule has 0 aliphatic heterocycles. The molecule has 1 aromatic heterocycles. The van der Waals surface area contributed by atoms with Crippen LogP contribution in [-0.4, -0.2) is 4.98 Å². The maximum absolute atomic E-state index is 12.1. The van der Waals surface area contributed by atoms with E-state index in [1.165, 1.54) is 12.1 Å². The Morgan fingerprint density at radius 3 is 2.55 bits per heavy atom. The zero-order chi connectivity index (χ0) is 8.43. The number of nitrogens with two attached hydrogens (primary N) is 1. The van der Waals surface area contributed by atoms with Crippen molar-refractivity contribution >= 4 is 5.82 Å². The second-order valence-corrected chi connectivity index (χ2v) is 2.24. The fourth-order valence-corrected chi connectivity index (χ4v) is 0.781. The summed E-state index contributed by atoms with van der Waals surface area (Å²) in [5, 5.41) is 0. The molecule has 0 atom stereocenters. The Kier molecular flexibility index (Phi) is 2.03. The molecule has 0 saturated carbocycles. The molecule has 0 radical (unpaired) electrons. The molecule has 1 aromatic rings. The first-order chi connectivity index (χ1) is 5.11. The van der Waals surface area contributed by atoms with E-state index in [2.05, 4.69) is 4.98 Å². The number of aromatic nitrogens is 1. The molecule has 0 aliphatic rings. The minimum atomic E-state index is -2.54. The molecule has 0 aromatic carbocycles. The van der Waals surface area contributed by atoms with Crippen LogP contribution in [0.4, 0.5) is 14.6 Å². The Bertz CT molecular complexity index is 261. The zero-order valence-electron chi connectivity index (χ0n) is 6.01. The Morgan fingerprint density at radius 2 is 2.09 bits per heavy atom. The van der Waals surface area contributed by atoms with Crippen LogP contribution in [0.15, 0.2) is 12.1 Å². The van der Waals surface area contributed by atoms with Crippen LogP contribution in [-0.2, 0) is 0 Å². The van der Waals surface area contributed by atoms with E-state index < -0.39 is 6.43 Å². The Balaban J connectivity index is 3.13. The van der Waals surface area contributed by atoms with Crippen molar-refractivity contribution in [2.45, 2.75) is 13.3 Å². The first-order valence-electron chi connectivity index (χ1n) is 3.12. The van der Waals surface area contributed by atoms with Crippen LogP contribution in [0, 0.1) is 6.92 Å². The molecule has 11 heavy (non-hydrogen) atoms. The van der Waals surface area contributed by atoms with Gasteiger partial charge < -0.3 is 5.73 Å². The number of halogens is 2. The number of nitrogens with zero attached hydrogens (tertiary/aromatic N) is 1. The minimum absolute atomic E-state index is 0.130. The highest BCUT2D eigenvalue weighted by molar-refractivity contribution is 5.33. The van der Waals surface area contributed by atoms with Gasteiger partial charge in [-0.3, -0.25) is 0 Å². The van der Waals surface area contributed by atoms with Crippen molar-refractivity contribution < 1.29 is 8.78 Å². The normalized spacial score (nSPS) is 10.5. The number of anilines is 1. The molecule has 0 fully saturated rings. The fraction of sp³-hybridized carbons (Fsp3) is 0.286. The Labute approximate surface area is 63.1 Å². The van der Waals surface area contributed by atoms with E-state index in [0.29, 0.717) is 5.56 Å². The van der Waals surface area contributed by atoms with Crippen LogP contribution in [0.5, 0.6) is 0 Å². The van der Waals surface area contributed by atoms with E-state index in [-0.39, 0.29) is 11.5 Å². The van der Waals surface area contributed by atoms with Crippen LogP contribution in [0.25, 0.3) is 0 Å². The van der Waals surface area contributed by atoms with Gasteiger partial charge in [0, 0.05) is 0 Å². The van der Waals surface area contributed by atoms with Crippen LogP contribution >= 0.6 is 0 Å².